The summed E-state index contributed by atoms with van der Waals surface area (Å²) >= 11 is 5.96. The summed E-state index contributed by atoms with van der Waals surface area (Å²) < 4.78 is 34.5. The van der Waals surface area contributed by atoms with Gasteiger partial charge in [-0.25, -0.2) is 13.8 Å². The van der Waals surface area contributed by atoms with Crippen LogP contribution in [0.2, 0.25) is 5.02 Å². The Kier molecular flexibility index (Phi) is 5.76. The first-order chi connectivity index (χ1) is 15.8. The van der Waals surface area contributed by atoms with Crippen molar-refractivity contribution in [2.75, 3.05) is 5.73 Å². The van der Waals surface area contributed by atoms with Gasteiger partial charge in [0.05, 0.1) is 0 Å². The second kappa shape index (κ2) is 8.67. The molecule has 33 heavy (non-hydrogen) atoms. The standard InChI is InChI=1S/C22H14ClF2N5O3/c23-18-19(26)28-10-29-21(18)33-16-6-1-11(9-15(16)25)14-7-8-30(22(32)17(14)20(27)31)13-4-2-12(24)3-5-13/h1-10H,(H2,27,31)(H2,26,28,29). The first-order valence-electron chi connectivity index (χ1n) is 9.31. The average Bonchev–Trinajstić information content (AvgIpc) is 2.78. The number of halogens is 3. The highest BCUT2D eigenvalue weighted by Crippen LogP contribution is 2.33. The van der Waals surface area contributed by atoms with E-state index in [-0.39, 0.29) is 39.2 Å². The highest BCUT2D eigenvalue weighted by molar-refractivity contribution is 6.34. The quantitative estimate of drug-likeness (QED) is 0.459. The molecule has 0 aliphatic heterocycles. The highest BCUT2D eigenvalue weighted by Gasteiger charge is 2.19. The Hall–Kier alpha value is -4.31. The Morgan fingerprint density at radius 3 is 2.45 bits per heavy atom. The molecule has 0 spiro atoms. The van der Waals surface area contributed by atoms with Crippen molar-refractivity contribution >= 4 is 23.3 Å². The number of primary amides is 1. The number of hydrogen-bond acceptors (Lipinski definition) is 6. The first-order valence-corrected chi connectivity index (χ1v) is 9.69. The molecule has 166 valence electrons. The molecule has 0 bridgehead atoms. The summed E-state index contributed by atoms with van der Waals surface area (Å²) in [6, 6.07) is 10.3. The van der Waals surface area contributed by atoms with Crippen molar-refractivity contribution in [3.05, 3.63) is 93.6 Å². The molecule has 4 aromatic rings. The van der Waals surface area contributed by atoms with Gasteiger partial charge in [0.15, 0.2) is 11.6 Å². The number of pyridine rings is 1. The molecule has 2 aromatic heterocycles. The van der Waals surface area contributed by atoms with Crippen molar-refractivity contribution in [2.24, 2.45) is 5.73 Å². The number of nitrogen functional groups attached to an aromatic ring is 1. The smallest absolute Gasteiger partial charge is 0.268 e. The number of aromatic nitrogens is 3. The summed E-state index contributed by atoms with van der Waals surface area (Å²) in [5.41, 5.74) is 10.6. The number of carbonyl (C=O) groups excluding carboxylic acids is 1. The lowest BCUT2D eigenvalue weighted by molar-refractivity contribution is 0.0999. The number of carbonyl (C=O) groups is 1. The summed E-state index contributed by atoms with van der Waals surface area (Å²) in [5.74, 6) is -2.71. The fourth-order valence-electron chi connectivity index (χ4n) is 3.11. The molecule has 8 nitrogen and oxygen atoms in total. The molecule has 0 aliphatic rings. The Morgan fingerprint density at radius 1 is 1.06 bits per heavy atom. The number of nitrogens with two attached hydrogens (primary N) is 2. The van der Waals surface area contributed by atoms with Crippen molar-refractivity contribution in [2.45, 2.75) is 0 Å². The minimum absolute atomic E-state index is 0.0356. The molecule has 0 atom stereocenters. The fourth-order valence-corrected chi connectivity index (χ4v) is 3.25. The third kappa shape index (κ3) is 4.23. The van der Waals surface area contributed by atoms with Gasteiger partial charge >= 0.3 is 0 Å². The number of amides is 1. The van der Waals surface area contributed by atoms with Crippen molar-refractivity contribution in [3.8, 4) is 28.4 Å². The predicted octanol–water partition coefficient (Wildman–Crippen LogP) is 3.70. The lowest BCUT2D eigenvalue weighted by Gasteiger charge is -2.13. The van der Waals surface area contributed by atoms with Crippen molar-refractivity contribution in [1.82, 2.24) is 14.5 Å². The minimum Gasteiger partial charge on any atom is -0.434 e. The highest BCUT2D eigenvalue weighted by atomic mass is 35.5. The lowest BCUT2D eigenvalue weighted by atomic mass is 10.0. The zero-order valence-electron chi connectivity index (χ0n) is 16.6. The van der Waals surface area contributed by atoms with Crippen LogP contribution < -0.4 is 21.8 Å². The maximum absolute atomic E-state index is 14.8. The van der Waals surface area contributed by atoms with E-state index in [1.54, 1.807) is 0 Å². The van der Waals surface area contributed by atoms with Gasteiger partial charge in [-0.05, 0) is 48.0 Å². The molecule has 0 aliphatic carbocycles. The normalized spacial score (nSPS) is 10.8. The number of benzene rings is 2. The largest absolute Gasteiger partial charge is 0.434 e. The van der Waals surface area contributed by atoms with Gasteiger partial charge in [0.25, 0.3) is 11.5 Å². The van der Waals surface area contributed by atoms with Crippen LogP contribution in [-0.4, -0.2) is 20.4 Å². The molecule has 0 saturated carbocycles. The molecule has 0 radical (unpaired) electrons. The van der Waals surface area contributed by atoms with Gasteiger partial charge in [-0.1, -0.05) is 17.7 Å². The summed E-state index contributed by atoms with van der Waals surface area (Å²) in [6.45, 7) is 0. The van der Waals surface area contributed by atoms with Crippen LogP contribution in [0.5, 0.6) is 11.6 Å². The number of rotatable bonds is 5. The van der Waals surface area contributed by atoms with E-state index in [2.05, 4.69) is 9.97 Å². The van der Waals surface area contributed by atoms with Crippen molar-refractivity contribution < 1.29 is 18.3 Å². The molecule has 0 fully saturated rings. The summed E-state index contributed by atoms with van der Waals surface area (Å²) in [6.07, 6.45) is 2.49. The Balaban J connectivity index is 1.76. The molecule has 4 N–H and O–H groups in total. The monoisotopic (exact) mass is 469 g/mol. The van der Waals surface area contributed by atoms with E-state index < -0.39 is 23.1 Å². The molecule has 4 rings (SSSR count). The van der Waals surface area contributed by atoms with E-state index in [9.17, 15) is 18.4 Å². The average molecular weight is 470 g/mol. The Labute approximate surface area is 190 Å². The van der Waals surface area contributed by atoms with Gasteiger partial charge in [-0.2, -0.15) is 4.98 Å². The molecule has 11 heteroatoms. The second-order valence-electron chi connectivity index (χ2n) is 6.75. The van der Waals surface area contributed by atoms with E-state index >= 15 is 0 Å². The summed E-state index contributed by atoms with van der Waals surface area (Å²) in [5, 5.41) is -0.0820. The van der Waals surface area contributed by atoms with E-state index in [0.717, 1.165) is 17.0 Å². The molecular formula is C22H14ClF2N5O3. The minimum atomic E-state index is -1.00. The fraction of sp³-hybridized carbons (Fsp3) is 0. The topological polar surface area (TPSA) is 126 Å². The van der Waals surface area contributed by atoms with Crippen LogP contribution in [0.15, 0.2) is 65.8 Å². The lowest BCUT2D eigenvalue weighted by Crippen LogP contribution is -2.29. The van der Waals surface area contributed by atoms with Gasteiger partial charge in [0.1, 0.15) is 28.5 Å². The Bertz CT molecular complexity index is 1440. The van der Waals surface area contributed by atoms with Crippen molar-refractivity contribution in [3.63, 3.8) is 0 Å². The Morgan fingerprint density at radius 2 is 1.79 bits per heavy atom. The van der Waals surface area contributed by atoms with E-state index in [1.165, 1.54) is 48.7 Å². The second-order valence-corrected chi connectivity index (χ2v) is 7.12. The summed E-state index contributed by atoms with van der Waals surface area (Å²) in [4.78, 5) is 32.6. The van der Waals surface area contributed by atoms with Crippen LogP contribution in [0.25, 0.3) is 16.8 Å². The van der Waals surface area contributed by atoms with Crippen LogP contribution in [-0.2, 0) is 0 Å². The molecule has 2 aromatic carbocycles. The SMILES string of the molecule is NC(=O)c1c(-c2ccc(Oc3ncnc(N)c3Cl)c(F)c2)ccn(-c2ccc(F)cc2)c1=O. The van der Waals surface area contributed by atoms with E-state index in [1.807, 2.05) is 0 Å². The third-order valence-electron chi connectivity index (χ3n) is 4.68. The third-order valence-corrected chi connectivity index (χ3v) is 5.03. The van der Waals surface area contributed by atoms with Gasteiger partial charge < -0.3 is 16.2 Å². The maximum Gasteiger partial charge on any atom is 0.268 e. The van der Waals surface area contributed by atoms with Crippen LogP contribution in [0, 0.1) is 11.6 Å². The van der Waals surface area contributed by atoms with E-state index in [4.69, 9.17) is 27.8 Å². The van der Waals surface area contributed by atoms with E-state index in [0.29, 0.717) is 5.69 Å². The number of hydrogen-bond donors (Lipinski definition) is 2. The number of nitrogens with zero attached hydrogens (tertiary/aromatic N) is 3. The molecule has 0 unspecified atom stereocenters. The van der Waals surface area contributed by atoms with Gasteiger partial charge in [0, 0.05) is 17.4 Å². The first kappa shape index (κ1) is 21.9. The zero-order chi connectivity index (χ0) is 23.7. The zero-order valence-corrected chi connectivity index (χ0v) is 17.4. The maximum atomic E-state index is 14.8. The van der Waals surface area contributed by atoms with Gasteiger partial charge in [-0.15, -0.1) is 0 Å². The number of anilines is 1. The summed E-state index contributed by atoms with van der Waals surface area (Å²) in [7, 11) is 0. The van der Waals surface area contributed by atoms with Crippen molar-refractivity contribution in [1.29, 1.82) is 0 Å². The molecular weight excluding hydrogens is 456 g/mol. The molecule has 2 heterocycles. The van der Waals surface area contributed by atoms with Crippen LogP contribution in [0.3, 0.4) is 0 Å². The number of ether oxygens (including phenoxy) is 1. The van der Waals surface area contributed by atoms with Gasteiger partial charge in [0.2, 0.25) is 5.88 Å². The van der Waals surface area contributed by atoms with Gasteiger partial charge in [-0.3, -0.25) is 14.2 Å². The molecule has 1 amide bonds. The molecule has 0 saturated heterocycles. The van der Waals surface area contributed by atoms with Crippen LogP contribution >= 0.6 is 11.6 Å². The van der Waals surface area contributed by atoms with Crippen LogP contribution in [0.1, 0.15) is 10.4 Å². The predicted molar refractivity (Wildman–Crippen MR) is 117 cm³/mol. The van der Waals surface area contributed by atoms with Crippen LogP contribution in [0.4, 0.5) is 14.6 Å².